The van der Waals surface area contributed by atoms with Gasteiger partial charge in [-0.15, -0.1) is 0 Å². The van der Waals surface area contributed by atoms with E-state index in [0.717, 1.165) is 0 Å². The molecule has 28 heavy (non-hydrogen) atoms. The average molecular weight is 455 g/mol. The Labute approximate surface area is 173 Å². The third-order valence-electron chi connectivity index (χ3n) is 3.21. The molecule has 13 heteroatoms. The molecule has 0 aromatic rings. The second kappa shape index (κ2) is 23.4. The molecule has 0 aliphatic carbocycles. The Balaban J connectivity index is -0.000000388. The van der Waals surface area contributed by atoms with Crippen LogP contribution in [-0.4, -0.2) is 133 Å². The molecule has 8 N–H and O–H groups in total. The SMILES string of the molecule is CC(C)O[N+](CCO)(CCO)CCO.OCCN(CCO)CCO.[O]=[Ti]([OH])[OH]. The van der Waals surface area contributed by atoms with Crippen LogP contribution < -0.4 is 0 Å². The van der Waals surface area contributed by atoms with Gasteiger partial charge in [0.1, 0.15) is 25.7 Å². The number of aliphatic hydroxyl groups is 6. The van der Waals surface area contributed by atoms with Crippen molar-refractivity contribution in [3.8, 4) is 0 Å². The number of aliphatic hydroxyl groups excluding tert-OH is 6. The Bertz CT molecular complexity index is 305. The van der Waals surface area contributed by atoms with Crippen molar-refractivity contribution in [1.82, 2.24) is 4.90 Å². The summed E-state index contributed by atoms with van der Waals surface area (Å²) >= 11 is -3.58. The first-order valence-corrected chi connectivity index (χ1v) is 11.1. The van der Waals surface area contributed by atoms with Crippen LogP contribution >= 0.6 is 0 Å². The summed E-state index contributed by atoms with van der Waals surface area (Å²) in [4.78, 5) is 7.41. The van der Waals surface area contributed by atoms with Crippen molar-refractivity contribution in [2.45, 2.75) is 20.0 Å². The Morgan fingerprint density at radius 3 is 1.21 bits per heavy atom. The van der Waals surface area contributed by atoms with Crippen molar-refractivity contribution in [1.29, 1.82) is 0 Å². The Morgan fingerprint density at radius 2 is 1.04 bits per heavy atom. The first kappa shape index (κ1) is 32.7. The van der Waals surface area contributed by atoms with Gasteiger partial charge in [-0.05, 0) is 13.8 Å². The van der Waals surface area contributed by atoms with E-state index < -0.39 is 18.6 Å². The van der Waals surface area contributed by atoms with E-state index >= 15 is 0 Å². The molecule has 0 heterocycles. The van der Waals surface area contributed by atoms with Gasteiger partial charge in [-0.25, -0.2) is 4.84 Å². The molecule has 0 amide bonds. The second-order valence-corrected chi connectivity index (χ2v) is 6.73. The molecule has 0 aliphatic rings. The fourth-order valence-electron chi connectivity index (χ4n) is 2.25. The summed E-state index contributed by atoms with van der Waals surface area (Å²) in [5.41, 5.74) is 0. The van der Waals surface area contributed by atoms with E-state index in [1.807, 2.05) is 13.8 Å². The first-order chi connectivity index (χ1) is 13.2. The maximum absolute atomic E-state index is 8.91. The molecule has 0 aromatic heterocycles. The van der Waals surface area contributed by atoms with Crippen molar-refractivity contribution < 1.29 is 69.4 Å². The van der Waals surface area contributed by atoms with Crippen LogP contribution in [0.4, 0.5) is 0 Å². The van der Waals surface area contributed by atoms with Crippen LogP contribution in [0.3, 0.4) is 0 Å². The van der Waals surface area contributed by atoms with Gasteiger partial charge in [0.15, 0.2) is 0 Å². The maximum atomic E-state index is 8.91. The molecule has 0 bridgehead atoms. The van der Waals surface area contributed by atoms with Crippen LogP contribution in [0.1, 0.15) is 13.8 Å². The zero-order valence-electron chi connectivity index (χ0n) is 16.9. The molecule has 0 atom stereocenters. The molecule has 0 aromatic carbocycles. The van der Waals surface area contributed by atoms with E-state index in [1.165, 1.54) is 0 Å². The van der Waals surface area contributed by atoms with Gasteiger partial charge in [0, 0.05) is 19.6 Å². The summed E-state index contributed by atoms with van der Waals surface area (Å²) in [5.74, 6) is 0. The number of rotatable bonds is 14. The van der Waals surface area contributed by atoms with Crippen molar-refractivity contribution >= 4 is 0 Å². The summed E-state index contributed by atoms with van der Waals surface area (Å²) in [6.45, 7) is 6.63. The van der Waals surface area contributed by atoms with E-state index in [1.54, 1.807) is 4.90 Å². The molecule has 0 rings (SSSR count). The molecule has 0 spiro atoms. The van der Waals surface area contributed by atoms with E-state index in [4.69, 9.17) is 46.2 Å². The van der Waals surface area contributed by atoms with Crippen LogP contribution in [0, 0.1) is 0 Å². The standard InChI is InChI=1S/C9H22NO4.C6H15NO3.2H2O.O.Ti/c1-9(2)14-10(3-6-11,4-7-12)5-8-13;8-4-1-7(2-5-9)3-6-10;;;;/h9,11-13H,3-8H2,1-2H3;8-10H,1-6H2;2*1H2;;/q+1;;;;;+2/p-2. The number of nitrogens with zero attached hydrogens (tertiary/aromatic N) is 2. The Kier molecular flexibility index (Phi) is 27.3. The van der Waals surface area contributed by atoms with E-state index in [0.29, 0.717) is 39.3 Å². The Morgan fingerprint density at radius 1 is 0.750 bits per heavy atom. The van der Waals surface area contributed by atoms with Gasteiger partial charge in [0.2, 0.25) is 0 Å². The zero-order chi connectivity index (χ0) is 22.4. The van der Waals surface area contributed by atoms with Gasteiger partial charge >= 0.3 is 29.3 Å². The number of quaternary nitrogens is 1. The molecule has 0 aliphatic heterocycles. The van der Waals surface area contributed by atoms with Gasteiger partial charge in [-0.1, -0.05) is 0 Å². The van der Waals surface area contributed by atoms with Crippen LogP contribution in [-0.2, 0) is 26.8 Å². The fourth-order valence-corrected chi connectivity index (χ4v) is 2.25. The van der Waals surface area contributed by atoms with Crippen molar-refractivity contribution in [3.63, 3.8) is 0 Å². The summed E-state index contributed by atoms with van der Waals surface area (Å²) in [6.07, 6.45) is -0.000324. The first-order valence-electron chi connectivity index (χ1n) is 9.02. The molecule has 12 nitrogen and oxygen atoms in total. The molecule has 0 saturated carbocycles. The summed E-state index contributed by atoms with van der Waals surface area (Å²) in [7, 11) is 0. The minimum absolute atomic E-state index is 0.000324. The summed E-state index contributed by atoms with van der Waals surface area (Å²) < 4.78 is 23.4. The van der Waals surface area contributed by atoms with Gasteiger partial charge in [0.25, 0.3) is 0 Å². The molecule has 0 unspecified atom stereocenters. The quantitative estimate of drug-likeness (QED) is 0.0727. The summed E-state index contributed by atoms with van der Waals surface area (Å²) in [5, 5.41) is 52.2. The van der Waals surface area contributed by atoms with Gasteiger partial charge in [-0.2, -0.15) is 4.65 Å². The zero-order valence-corrected chi connectivity index (χ0v) is 18.4. The third kappa shape index (κ3) is 24.1. The Hall–Kier alpha value is 0.0743. The van der Waals surface area contributed by atoms with Gasteiger partial charge < -0.3 is 30.6 Å². The average Bonchev–Trinajstić information content (AvgIpc) is 2.56. The van der Waals surface area contributed by atoms with Gasteiger partial charge in [0.05, 0.1) is 39.6 Å². The van der Waals surface area contributed by atoms with Crippen LogP contribution in [0.25, 0.3) is 0 Å². The minimum atomic E-state index is -3.58. The van der Waals surface area contributed by atoms with E-state index in [9.17, 15) is 0 Å². The monoisotopic (exact) mass is 455 g/mol. The molecule has 172 valence electrons. The topological polar surface area (TPSA) is 191 Å². The normalized spacial score (nSPS) is 11.0. The van der Waals surface area contributed by atoms with E-state index in [2.05, 4.69) is 0 Å². The van der Waals surface area contributed by atoms with Gasteiger partial charge in [-0.3, -0.25) is 4.90 Å². The summed E-state index contributed by atoms with van der Waals surface area (Å²) in [6, 6.07) is 0. The molecule has 0 saturated heterocycles. The molecule has 0 fully saturated rings. The number of hydrogen-bond donors (Lipinski definition) is 8. The molecular formula is C15H39N2O10Ti+. The third-order valence-corrected chi connectivity index (χ3v) is 3.21. The number of hydroxylamine groups is 3. The second-order valence-electron chi connectivity index (χ2n) is 5.85. The fraction of sp³-hybridized carbons (Fsp3) is 1.00. The van der Waals surface area contributed by atoms with Crippen LogP contribution in [0.2, 0.25) is 0 Å². The van der Waals surface area contributed by atoms with Crippen LogP contribution in [0.15, 0.2) is 0 Å². The predicted octanol–water partition coefficient (Wildman–Crippen LogP) is -3.85. The molecular weight excluding hydrogens is 416 g/mol. The predicted molar refractivity (Wildman–Crippen MR) is 95.2 cm³/mol. The van der Waals surface area contributed by atoms with Crippen LogP contribution in [0.5, 0.6) is 0 Å². The van der Waals surface area contributed by atoms with Crippen molar-refractivity contribution in [3.05, 3.63) is 0 Å². The van der Waals surface area contributed by atoms with Crippen molar-refractivity contribution in [2.24, 2.45) is 0 Å². The van der Waals surface area contributed by atoms with Crippen molar-refractivity contribution in [2.75, 3.05) is 78.9 Å². The molecule has 0 radical (unpaired) electrons. The van der Waals surface area contributed by atoms with E-state index in [-0.39, 0.29) is 50.4 Å². The number of hydrogen-bond acceptors (Lipinski definition) is 9.